The fraction of sp³-hybridized carbons (Fsp3) is 0.409. The zero-order valence-electron chi connectivity index (χ0n) is 16.4. The van der Waals surface area contributed by atoms with Crippen molar-refractivity contribution in [1.29, 1.82) is 0 Å². The van der Waals surface area contributed by atoms with Crippen molar-refractivity contribution in [3.8, 4) is 11.5 Å². The normalized spacial score (nSPS) is 17.7. The van der Waals surface area contributed by atoms with E-state index in [0.29, 0.717) is 18.0 Å². The molecule has 1 atom stereocenters. The van der Waals surface area contributed by atoms with Gasteiger partial charge >= 0.3 is 6.03 Å². The molecular weight excluding hydrogens is 354 g/mol. The molecule has 1 heterocycles. The molecule has 4 rings (SSSR count). The number of carbonyl (C=O) groups is 1. The Morgan fingerprint density at radius 3 is 2.50 bits per heavy atom. The fourth-order valence-electron chi connectivity index (χ4n) is 3.90. The summed E-state index contributed by atoms with van der Waals surface area (Å²) in [4.78, 5) is 14.7. The van der Waals surface area contributed by atoms with E-state index in [1.165, 1.54) is 0 Å². The lowest BCUT2D eigenvalue weighted by Gasteiger charge is -2.23. The van der Waals surface area contributed by atoms with Crippen molar-refractivity contribution < 1.29 is 14.3 Å². The third kappa shape index (κ3) is 4.07. The van der Waals surface area contributed by atoms with Crippen LogP contribution in [0.2, 0.25) is 0 Å². The van der Waals surface area contributed by atoms with Gasteiger partial charge in [-0.1, -0.05) is 30.3 Å². The van der Waals surface area contributed by atoms with E-state index in [9.17, 15) is 4.79 Å². The van der Waals surface area contributed by atoms with Crippen molar-refractivity contribution in [2.24, 2.45) is 0 Å². The van der Waals surface area contributed by atoms with Gasteiger partial charge in [-0.15, -0.1) is 0 Å². The van der Waals surface area contributed by atoms with E-state index in [1.54, 1.807) is 0 Å². The van der Waals surface area contributed by atoms with Gasteiger partial charge in [-0.3, -0.25) is 0 Å². The third-order valence-corrected chi connectivity index (χ3v) is 5.21. The Morgan fingerprint density at radius 1 is 1.07 bits per heavy atom. The summed E-state index contributed by atoms with van der Waals surface area (Å²) < 4.78 is 12.1. The summed E-state index contributed by atoms with van der Waals surface area (Å²) in [5.74, 6) is 0.961. The van der Waals surface area contributed by atoms with Crippen LogP contribution in [-0.2, 0) is 0 Å². The van der Waals surface area contributed by atoms with Crippen LogP contribution in [-0.4, -0.2) is 37.4 Å². The van der Waals surface area contributed by atoms with Crippen molar-refractivity contribution in [2.75, 3.05) is 26.0 Å². The number of amides is 2. The highest BCUT2D eigenvalue weighted by Gasteiger charge is 2.44. The van der Waals surface area contributed by atoms with Gasteiger partial charge in [0.25, 0.3) is 5.79 Å². The number of likely N-dealkylation sites (N-methyl/N-ethyl adjacent to an activating group) is 1. The Labute approximate surface area is 165 Å². The third-order valence-electron chi connectivity index (χ3n) is 5.21. The van der Waals surface area contributed by atoms with Crippen LogP contribution in [0.1, 0.15) is 37.3 Å². The highest BCUT2D eigenvalue weighted by atomic mass is 16.7. The second kappa shape index (κ2) is 7.72. The van der Waals surface area contributed by atoms with Crippen molar-refractivity contribution in [2.45, 2.75) is 37.5 Å². The molecule has 1 unspecified atom stereocenters. The van der Waals surface area contributed by atoms with Gasteiger partial charge in [0.15, 0.2) is 11.5 Å². The highest BCUT2D eigenvalue weighted by Crippen LogP contribution is 2.47. The van der Waals surface area contributed by atoms with Crippen LogP contribution in [0.25, 0.3) is 0 Å². The molecule has 0 aromatic heterocycles. The number of benzene rings is 2. The smallest absolute Gasteiger partial charge is 0.319 e. The van der Waals surface area contributed by atoms with Gasteiger partial charge in [0.1, 0.15) is 0 Å². The molecule has 0 radical (unpaired) electrons. The molecule has 1 saturated carbocycles. The lowest BCUT2D eigenvalue weighted by atomic mass is 10.1. The van der Waals surface area contributed by atoms with Crippen molar-refractivity contribution >= 4 is 11.7 Å². The molecule has 2 amide bonds. The summed E-state index contributed by atoms with van der Waals surface area (Å²) in [7, 11) is 3.98. The second-order valence-electron chi connectivity index (χ2n) is 7.81. The molecule has 6 nitrogen and oxygen atoms in total. The molecule has 1 aliphatic carbocycles. The van der Waals surface area contributed by atoms with E-state index in [4.69, 9.17) is 9.47 Å². The molecule has 1 aliphatic heterocycles. The van der Waals surface area contributed by atoms with Gasteiger partial charge in [-0.2, -0.15) is 0 Å². The van der Waals surface area contributed by atoms with E-state index in [2.05, 4.69) is 15.5 Å². The zero-order chi connectivity index (χ0) is 19.6. The standard InChI is InChI=1S/C22H27N3O3/c1-25(2)15-18(16-8-4-3-5-9-16)24-21(26)23-17-10-11-19-20(14-17)28-22(27-19)12-6-7-13-22/h3-5,8-11,14,18H,6-7,12-13,15H2,1-2H3,(H2,23,24,26). The number of nitrogens with zero attached hydrogens (tertiary/aromatic N) is 1. The molecule has 2 aromatic carbocycles. The van der Waals surface area contributed by atoms with Crippen LogP contribution in [0.4, 0.5) is 10.5 Å². The molecule has 148 valence electrons. The van der Waals surface area contributed by atoms with Crippen molar-refractivity contribution in [3.63, 3.8) is 0 Å². The summed E-state index contributed by atoms with van der Waals surface area (Å²) in [5, 5.41) is 5.99. The first-order valence-electron chi connectivity index (χ1n) is 9.82. The number of carbonyl (C=O) groups excluding carboxylic acids is 1. The van der Waals surface area contributed by atoms with Gasteiger partial charge in [0, 0.05) is 31.1 Å². The summed E-state index contributed by atoms with van der Waals surface area (Å²) in [6.07, 6.45) is 4.06. The van der Waals surface area contributed by atoms with Crippen molar-refractivity contribution in [3.05, 3.63) is 54.1 Å². The maximum atomic E-state index is 12.6. The molecular formula is C22H27N3O3. The summed E-state index contributed by atoms with van der Waals surface area (Å²) in [6.45, 7) is 0.709. The summed E-state index contributed by atoms with van der Waals surface area (Å²) in [6, 6.07) is 15.2. The van der Waals surface area contributed by atoms with Crippen LogP contribution >= 0.6 is 0 Å². The van der Waals surface area contributed by atoms with E-state index < -0.39 is 5.79 Å². The number of nitrogens with one attached hydrogen (secondary N) is 2. The molecule has 0 saturated heterocycles. The van der Waals surface area contributed by atoms with Gasteiger partial charge in [-0.25, -0.2) is 4.79 Å². The fourth-order valence-corrected chi connectivity index (χ4v) is 3.90. The maximum absolute atomic E-state index is 12.6. The number of hydrogen-bond acceptors (Lipinski definition) is 4. The van der Waals surface area contributed by atoms with E-state index in [-0.39, 0.29) is 12.1 Å². The lowest BCUT2D eigenvalue weighted by molar-refractivity contribution is -0.0716. The topological polar surface area (TPSA) is 62.8 Å². The number of ether oxygens (including phenoxy) is 2. The number of rotatable bonds is 5. The molecule has 6 heteroatoms. The minimum absolute atomic E-state index is 0.105. The first-order valence-corrected chi connectivity index (χ1v) is 9.82. The van der Waals surface area contributed by atoms with Gasteiger partial charge < -0.3 is 25.0 Å². The minimum atomic E-state index is -0.493. The maximum Gasteiger partial charge on any atom is 0.319 e. The molecule has 2 N–H and O–H groups in total. The minimum Gasteiger partial charge on any atom is -0.448 e. The van der Waals surface area contributed by atoms with E-state index >= 15 is 0 Å². The predicted octanol–water partition coefficient (Wildman–Crippen LogP) is 4.15. The predicted molar refractivity (Wildman–Crippen MR) is 109 cm³/mol. The Balaban J connectivity index is 1.42. The monoisotopic (exact) mass is 381 g/mol. The molecule has 2 aromatic rings. The van der Waals surface area contributed by atoms with E-state index in [1.807, 2.05) is 62.6 Å². The zero-order valence-corrected chi connectivity index (χ0v) is 16.4. The van der Waals surface area contributed by atoms with E-state index in [0.717, 1.165) is 37.0 Å². The molecule has 1 fully saturated rings. The van der Waals surface area contributed by atoms with Crippen LogP contribution in [0, 0.1) is 0 Å². The average molecular weight is 381 g/mol. The van der Waals surface area contributed by atoms with Gasteiger partial charge in [-0.05, 0) is 44.6 Å². The number of fused-ring (bicyclic) bond motifs is 1. The number of anilines is 1. The number of urea groups is 1. The van der Waals surface area contributed by atoms with Crippen LogP contribution in [0.5, 0.6) is 11.5 Å². The number of hydrogen-bond donors (Lipinski definition) is 2. The van der Waals surface area contributed by atoms with Crippen molar-refractivity contribution in [1.82, 2.24) is 10.2 Å². The second-order valence-corrected chi connectivity index (χ2v) is 7.81. The average Bonchev–Trinajstić information content (AvgIpc) is 3.27. The molecule has 28 heavy (non-hydrogen) atoms. The molecule has 1 spiro atoms. The Kier molecular flexibility index (Phi) is 5.13. The summed E-state index contributed by atoms with van der Waals surface area (Å²) in [5.41, 5.74) is 1.76. The largest absolute Gasteiger partial charge is 0.448 e. The quantitative estimate of drug-likeness (QED) is 0.817. The van der Waals surface area contributed by atoms with Gasteiger partial charge in [0.2, 0.25) is 0 Å². The Bertz CT molecular complexity index is 832. The Morgan fingerprint density at radius 2 is 1.79 bits per heavy atom. The first-order chi connectivity index (χ1) is 13.5. The van der Waals surface area contributed by atoms with Gasteiger partial charge in [0.05, 0.1) is 6.04 Å². The lowest BCUT2D eigenvalue weighted by Crippen LogP contribution is -2.37. The Hall–Kier alpha value is -2.73. The summed E-state index contributed by atoms with van der Waals surface area (Å²) >= 11 is 0. The molecule has 2 aliphatic rings. The highest BCUT2D eigenvalue weighted by molar-refractivity contribution is 5.90. The van der Waals surface area contributed by atoms with Crippen LogP contribution in [0.15, 0.2) is 48.5 Å². The first kappa shape index (κ1) is 18.6. The van der Waals surface area contributed by atoms with Crippen LogP contribution < -0.4 is 20.1 Å². The molecule has 0 bridgehead atoms. The SMILES string of the molecule is CN(C)CC(NC(=O)Nc1ccc2c(c1)OC1(CCCC1)O2)c1ccccc1. The van der Waals surface area contributed by atoms with Crippen LogP contribution in [0.3, 0.4) is 0 Å².